The molecule has 3 amide bonds. The smallest absolute Gasteiger partial charge is 0.319 e. The van der Waals surface area contributed by atoms with Crippen molar-refractivity contribution >= 4 is 11.9 Å². The van der Waals surface area contributed by atoms with Gasteiger partial charge in [0.1, 0.15) is 0 Å². The second-order valence-electron chi connectivity index (χ2n) is 5.94. The first kappa shape index (κ1) is 15.8. The Morgan fingerprint density at radius 2 is 2.05 bits per heavy atom. The van der Waals surface area contributed by atoms with Gasteiger partial charge < -0.3 is 15.1 Å². The largest absolute Gasteiger partial charge is 0.356 e. The minimum atomic E-state index is -0.0511. The number of nitrogens with zero attached hydrogens (tertiary/aromatic N) is 2. The predicted octanol–water partition coefficient (Wildman–Crippen LogP) is 1.54. The van der Waals surface area contributed by atoms with E-state index in [1.165, 1.54) is 0 Å². The minimum Gasteiger partial charge on any atom is -0.356 e. The molecule has 5 heteroatoms. The fourth-order valence-corrected chi connectivity index (χ4v) is 2.28. The van der Waals surface area contributed by atoms with Gasteiger partial charge in [-0.1, -0.05) is 13.8 Å². The molecule has 0 aromatic heterocycles. The monoisotopic (exact) mass is 269 g/mol. The first-order chi connectivity index (χ1) is 8.91. The van der Waals surface area contributed by atoms with Crippen LogP contribution in [0.5, 0.6) is 0 Å². The van der Waals surface area contributed by atoms with Gasteiger partial charge in [0, 0.05) is 33.7 Å². The third-order valence-corrected chi connectivity index (χ3v) is 3.47. The molecule has 0 aromatic carbocycles. The first-order valence-electron chi connectivity index (χ1n) is 7.15. The highest BCUT2D eigenvalue weighted by Gasteiger charge is 2.28. The summed E-state index contributed by atoms with van der Waals surface area (Å²) in [5, 5.41) is 2.98. The van der Waals surface area contributed by atoms with Crippen LogP contribution in [0.1, 0.15) is 33.1 Å². The molecule has 5 nitrogen and oxygen atoms in total. The molecule has 1 aliphatic heterocycles. The summed E-state index contributed by atoms with van der Waals surface area (Å²) in [6, 6.07) is -0.000296. The van der Waals surface area contributed by atoms with Gasteiger partial charge in [0.2, 0.25) is 5.91 Å². The standard InChI is InChI=1S/C14H27N3O2/c1-11(2)7-8-15-13(18)12-6-5-9-17(10-12)14(19)16(3)4/h11-12H,5-10H2,1-4H3,(H,15,18). The van der Waals surface area contributed by atoms with Crippen LogP contribution in [0.4, 0.5) is 4.79 Å². The normalized spacial score (nSPS) is 19.4. The molecule has 0 radical (unpaired) electrons. The molecule has 0 aromatic rings. The van der Waals surface area contributed by atoms with E-state index in [1.54, 1.807) is 23.9 Å². The molecule has 1 heterocycles. The van der Waals surface area contributed by atoms with Crippen molar-refractivity contribution in [3.8, 4) is 0 Å². The molecule has 1 saturated heterocycles. The molecule has 0 saturated carbocycles. The van der Waals surface area contributed by atoms with Crippen LogP contribution in [-0.4, -0.2) is 55.5 Å². The summed E-state index contributed by atoms with van der Waals surface area (Å²) in [7, 11) is 3.49. The Bertz CT molecular complexity index is 316. The Labute approximate surface area is 116 Å². The van der Waals surface area contributed by atoms with E-state index in [2.05, 4.69) is 19.2 Å². The molecule has 1 atom stereocenters. The van der Waals surface area contributed by atoms with Crippen molar-refractivity contribution in [2.45, 2.75) is 33.1 Å². The zero-order valence-corrected chi connectivity index (χ0v) is 12.6. The van der Waals surface area contributed by atoms with E-state index in [9.17, 15) is 9.59 Å². The molecular weight excluding hydrogens is 242 g/mol. The third-order valence-electron chi connectivity index (χ3n) is 3.47. The molecule has 1 fully saturated rings. The van der Waals surface area contributed by atoms with E-state index in [1.807, 2.05) is 0 Å². The zero-order chi connectivity index (χ0) is 14.4. The van der Waals surface area contributed by atoms with Crippen molar-refractivity contribution in [1.29, 1.82) is 0 Å². The predicted molar refractivity (Wildman–Crippen MR) is 75.8 cm³/mol. The van der Waals surface area contributed by atoms with E-state index in [0.29, 0.717) is 12.5 Å². The first-order valence-corrected chi connectivity index (χ1v) is 7.15. The van der Waals surface area contributed by atoms with Crippen LogP contribution in [0.15, 0.2) is 0 Å². The third kappa shape index (κ3) is 5.09. The SMILES string of the molecule is CC(C)CCNC(=O)C1CCCN(C(=O)N(C)C)C1. The highest BCUT2D eigenvalue weighted by atomic mass is 16.2. The fraction of sp³-hybridized carbons (Fsp3) is 0.857. The van der Waals surface area contributed by atoms with Crippen LogP contribution in [0, 0.1) is 11.8 Å². The lowest BCUT2D eigenvalue weighted by atomic mass is 9.97. The molecule has 19 heavy (non-hydrogen) atoms. The van der Waals surface area contributed by atoms with Crippen LogP contribution in [0.25, 0.3) is 0 Å². The highest BCUT2D eigenvalue weighted by molar-refractivity contribution is 5.80. The maximum Gasteiger partial charge on any atom is 0.319 e. The Kier molecular flexibility index (Phi) is 6.12. The highest BCUT2D eigenvalue weighted by Crippen LogP contribution is 2.17. The van der Waals surface area contributed by atoms with Crippen molar-refractivity contribution in [3.63, 3.8) is 0 Å². The number of urea groups is 1. The van der Waals surface area contributed by atoms with Crippen molar-refractivity contribution < 1.29 is 9.59 Å². The molecule has 1 aliphatic rings. The lowest BCUT2D eigenvalue weighted by Crippen LogP contribution is -2.48. The molecule has 1 rings (SSSR count). The van der Waals surface area contributed by atoms with Gasteiger partial charge in [-0.05, 0) is 25.2 Å². The number of carbonyl (C=O) groups is 2. The second-order valence-corrected chi connectivity index (χ2v) is 5.94. The van der Waals surface area contributed by atoms with Gasteiger partial charge in [0.15, 0.2) is 0 Å². The molecule has 0 bridgehead atoms. The maximum absolute atomic E-state index is 12.1. The summed E-state index contributed by atoms with van der Waals surface area (Å²) < 4.78 is 0. The van der Waals surface area contributed by atoms with Gasteiger partial charge in [-0.25, -0.2) is 4.79 Å². The van der Waals surface area contributed by atoms with E-state index in [-0.39, 0.29) is 17.9 Å². The fourth-order valence-electron chi connectivity index (χ4n) is 2.28. The van der Waals surface area contributed by atoms with Crippen molar-refractivity contribution in [2.75, 3.05) is 33.7 Å². The number of amides is 3. The summed E-state index contributed by atoms with van der Waals surface area (Å²) in [5.74, 6) is 0.639. The van der Waals surface area contributed by atoms with Crippen LogP contribution < -0.4 is 5.32 Å². The molecule has 1 unspecified atom stereocenters. The van der Waals surface area contributed by atoms with Crippen LogP contribution in [0.3, 0.4) is 0 Å². The number of hydrogen-bond acceptors (Lipinski definition) is 2. The van der Waals surface area contributed by atoms with E-state index in [0.717, 1.165) is 32.4 Å². The molecule has 1 N–H and O–H groups in total. The van der Waals surface area contributed by atoms with Gasteiger partial charge in [-0.2, -0.15) is 0 Å². The van der Waals surface area contributed by atoms with Crippen LogP contribution in [-0.2, 0) is 4.79 Å². The minimum absolute atomic E-state index is 0.000296. The summed E-state index contributed by atoms with van der Waals surface area (Å²) in [4.78, 5) is 27.3. The summed E-state index contributed by atoms with van der Waals surface area (Å²) >= 11 is 0. The number of nitrogens with one attached hydrogen (secondary N) is 1. The van der Waals surface area contributed by atoms with Gasteiger partial charge in [0.25, 0.3) is 0 Å². The van der Waals surface area contributed by atoms with Crippen molar-refractivity contribution in [3.05, 3.63) is 0 Å². The van der Waals surface area contributed by atoms with Crippen LogP contribution >= 0.6 is 0 Å². The summed E-state index contributed by atoms with van der Waals surface area (Å²) in [6.07, 6.45) is 2.78. The lowest BCUT2D eigenvalue weighted by Gasteiger charge is -2.33. The molecule has 110 valence electrons. The zero-order valence-electron chi connectivity index (χ0n) is 12.6. The molecule has 0 spiro atoms. The topological polar surface area (TPSA) is 52.7 Å². The second kappa shape index (κ2) is 7.36. The van der Waals surface area contributed by atoms with Gasteiger partial charge in [0.05, 0.1) is 5.92 Å². The average Bonchev–Trinajstić information content (AvgIpc) is 2.37. The number of likely N-dealkylation sites (tertiary alicyclic amines) is 1. The van der Waals surface area contributed by atoms with Crippen molar-refractivity contribution in [1.82, 2.24) is 15.1 Å². The number of carbonyl (C=O) groups excluding carboxylic acids is 2. The maximum atomic E-state index is 12.1. The summed E-state index contributed by atoms with van der Waals surface area (Å²) in [5.41, 5.74) is 0. The van der Waals surface area contributed by atoms with E-state index in [4.69, 9.17) is 0 Å². The van der Waals surface area contributed by atoms with E-state index >= 15 is 0 Å². The van der Waals surface area contributed by atoms with Crippen molar-refractivity contribution in [2.24, 2.45) is 11.8 Å². The lowest BCUT2D eigenvalue weighted by molar-refractivity contribution is -0.126. The van der Waals surface area contributed by atoms with Gasteiger partial charge in [-0.3, -0.25) is 4.79 Å². The Morgan fingerprint density at radius 1 is 1.37 bits per heavy atom. The number of hydrogen-bond donors (Lipinski definition) is 1. The molecular formula is C14H27N3O2. The van der Waals surface area contributed by atoms with E-state index < -0.39 is 0 Å². The Morgan fingerprint density at radius 3 is 2.63 bits per heavy atom. The van der Waals surface area contributed by atoms with Gasteiger partial charge in [-0.15, -0.1) is 0 Å². The average molecular weight is 269 g/mol. The Balaban J connectivity index is 2.41. The molecule has 0 aliphatic carbocycles. The Hall–Kier alpha value is -1.26. The van der Waals surface area contributed by atoms with Crippen LogP contribution in [0.2, 0.25) is 0 Å². The number of piperidine rings is 1. The number of rotatable bonds is 4. The quantitative estimate of drug-likeness (QED) is 0.841. The van der Waals surface area contributed by atoms with Gasteiger partial charge >= 0.3 is 6.03 Å². The summed E-state index contributed by atoms with van der Waals surface area (Å²) in [6.45, 7) is 6.32.